The van der Waals surface area contributed by atoms with E-state index in [4.69, 9.17) is 11.6 Å². The van der Waals surface area contributed by atoms with Gasteiger partial charge in [0.2, 0.25) is 5.88 Å². The summed E-state index contributed by atoms with van der Waals surface area (Å²) >= 11 is 6.60. The molecule has 1 heterocycles. The van der Waals surface area contributed by atoms with Crippen LogP contribution in [0.1, 0.15) is 0 Å². The van der Waals surface area contributed by atoms with E-state index < -0.39 is 21.6 Å². The second kappa shape index (κ2) is 4.05. The molecule has 0 bridgehead atoms. The van der Waals surface area contributed by atoms with Gasteiger partial charge in [-0.2, -0.15) is 0 Å². The summed E-state index contributed by atoms with van der Waals surface area (Å²) in [7, 11) is 0. The summed E-state index contributed by atoms with van der Waals surface area (Å²) in [5.74, 6) is -1.83. The molecule has 2 nitrogen and oxygen atoms in total. The van der Waals surface area contributed by atoms with Gasteiger partial charge in [-0.15, -0.1) is 13.2 Å². The average Bonchev–Trinajstić information content (AvgIpc) is 2.04. The van der Waals surface area contributed by atoms with Crippen molar-refractivity contribution in [3.63, 3.8) is 0 Å². The van der Waals surface area contributed by atoms with E-state index in [-0.39, 0.29) is 5.02 Å². The Balaban J connectivity index is 3.06. The predicted octanol–water partition coefficient (Wildman–Crippen LogP) is 3.38. The number of halogens is 6. The van der Waals surface area contributed by atoms with E-state index in [9.17, 15) is 17.6 Å². The van der Waals surface area contributed by atoms with Crippen LogP contribution in [-0.4, -0.2) is 11.3 Å². The van der Waals surface area contributed by atoms with E-state index in [1.807, 2.05) is 0 Å². The number of ether oxygens (including phenoxy) is 1. The standard InChI is InChI=1S/C6HClF4INO/c7-2-1-13-5(4(12)3(2)8)14-6(9,10)11/h1H. The minimum Gasteiger partial charge on any atom is -0.387 e. The Kier molecular flexibility index (Phi) is 3.40. The van der Waals surface area contributed by atoms with Crippen molar-refractivity contribution in [1.29, 1.82) is 0 Å². The van der Waals surface area contributed by atoms with Gasteiger partial charge < -0.3 is 4.74 Å². The van der Waals surface area contributed by atoms with Gasteiger partial charge in [-0.1, -0.05) is 11.6 Å². The first kappa shape index (κ1) is 11.8. The van der Waals surface area contributed by atoms with Crippen LogP contribution in [0.5, 0.6) is 5.88 Å². The Labute approximate surface area is 94.4 Å². The van der Waals surface area contributed by atoms with Gasteiger partial charge in [0, 0.05) is 0 Å². The molecule has 0 aliphatic rings. The Morgan fingerprint density at radius 2 is 2.00 bits per heavy atom. The molecule has 0 fully saturated rings. The van der Waals surface area contributed by atoms with Crippen molar-refractivity contribution in [2.75, 3.05) is 0 Å². The molecule has 0 aromatic carbocycles. The third-order valence-corrected chi connectivity index (χ3v) is 2.30. The quantitative estimate of drug-likeness (QED) is 0.577. The zero-order valence-corrected chi connectivity index (χ0v) is 9.11. The van der Waals surface area contributed by atoms with Gasteiger partial charge in [-0.3, -0.25) is 0 Å². The molecule has 0 radical (unpaired) electrons. The van der Waals surface area contributed by atoms with Gasteiger partial charge in [0.1, 0.15) is 3.57 Å². The van der Waals surface area contributed by atoms with Crippen LogP contribution in [0.4, 0.5) is 17.6 Å². The van der Waals surface area contributed by atoms with Crippen molar-refractivity contribution in [1.82, 2.24) is 4.98 Å². The van der Waals surface area contributed by atoms with Crippen LogP contribution in [-0.2, 0) is 0 Å². The zero-order valence-electron chi connectivity index (χ0n) is 6.20. The minimum absolute atomic E-state index is 0.357. The van der Waals surface area contributed by atoms with E-state index in [1.54, 1.807) is 0 Å². The molecule has 0 atom stereocenters. The summed E-state index contributed by atoms with van der Waals surface area (Å²) < 4.78 is 51.2. The molecule has 0 aliphatic heterocycles. The van der Waals surface area contributed by atoms with Crippen molar-refractivity contribution < 1.29 is 22.3 Å². The van der Waals surface area contributed by atoms with E-state index in [0.717, 1.165) is 6.20 Å². The molecule has 0 amide bonds. The lowest BCUT2D eigenvalue weighted by Crippen LogP contribution is -2.19. The van der Waals surface area contributed by atoms with Crippen LogP contribution < -0.4 is 4.74 Å². The van der Waals surface area contributed by atoms with Crippen LogP contribution in [0.25, 0.3) is 0 Å². The first-order valence-corrected chi connectivity index (χ1v) is 4.52. The maximum Gasteiger partial charge on any atom is 0.574 e. The third kappa shape index (κ3) is 2.84. The Morgan fingerprint density at radius 1 is 1.43 bits per heavy atom. The molecule has 0 saturated carbocycles. The van der Waals surface area contributed by atoms with Gasteiger partial charge >= 0.3 is 6.36 Å². The highest BCUT2D eigenvalue weighted by Crippen LogP contribution is 2.29. The van der Waals surface area contributed by atoms with Crippen molar-refractivity contribution in [3.8, 4) is 5.88 Å². The van der Waals surface area contributed by atoms with Gasteiger partial charge in [0.05, 0.1) is 11.2 Å². The number of alkyl halides is 3. The number of nitrogens with zero attached hydrogens (tertiary/aromatic N) is 1. The first-order valence-electron chi connectivity index (χ1n) is 3.06. The van der Waals surface area contributed by atoms with Gasteiger partial charge in [0.15, 0.2) is 5.82 Å². The smallest absolute Gasteiger partial charge is 0.387 e. The molecule has 14 heavy (non-hydrogen) atoms. The molecule has 78 valence electrons. The average molecular weight is 341 g/mol. The van der Waals surface area contributed by atoms with Crippen molar-refractivity contribution in [2.45, 2.75) is 6.36 Å². The maximum absolute atomic E-state index is 12.9. The summed E-state index contributed by atoms with van der Waals surface area (Å²) in [5.41, 5.74) is 0. The Morgan fingerprint density at radius 3 is 2.50 bits per heavy atom. The van der Waals surface area contributed by atoms with Crippen LogP contribution in [0, 0.1) is 9.39 Å². The fraction of sp³-hybridized carbons (Fsp3) is 0.167. The summed E-state index contributed by atoms with van der Waals surface area (Å²) in [6.45, 7) is 0. The molecule has 0 N–H and O–H groups in total. The van der Waals surface area contributed by atoms with Crippen LogP contribution >= 0.6 is 34.2 Å². The summed E-state index contributed by atoms with van der Waals surface area (Å²) in [4.78, 5) is 3.20. The second-order valence-electron chi connectivity index (χ2n) is 2.09. The van der Waals surface area contributed by atoms with Crippen molar-refractivity contribution >= 4 is 34.2 Å². The van der Waals surface area contributed by atoms with Crippen LogP contribution in [0.2, 0.25) is 5.02 Å². The fourth-order valence-corrected chi connectivity index (χ4v) is 1.45. The van der Waals surface area contributed by atoms with E-state index in [2.05, 4.69) is 9.72 Å². The van der Waals surface area contributed by atoms with Gasteiger partial charge in [0.25, 0.3) is 0 Å². The number of pyridine rings is 1. The molecule has 0 spiro atoms. The molecular formula is C6HClF4INO. The minimum atomic E-state index is -4.90. The molecule has 1 aromatic rings. The molecule has 1 aromatic heterocycles. The normalized spacial score (nSPS) is 11.6. The summed E-state index contributed by atoms with van der Waals surface area (Å²) in [6, 6.07) is 0. The highest BCUT2D eigenvalue weighted by atomic mass is 127. The highest BCUT2D eigenvalue weighted by molar-refractivity contribution is 14.1. The Bertz CT molecular complexity index is 356. The number of rotatable bonds is 1. The topological polar surface area (TPSA) is 22.1 Å². The van der Waals surface area contributed by atoms with Gasteiger partial charge in [-0.05, 0) is 22.6 Å². The largest absolute Gasteiger partial charge is 0.574 e. The Hall–Kier alpha value is -0.310. The molecule has 1 rings (SSSR count). The maximum atomic E-state index is 12.9. The van der Waals surface area contributed by atoms with E-state index >= 15 is 0 Å². The number of hydrogen-bond acceptors (Lipinski definition) is 2. The number of aromatic nitrogens is 1. The molecule has 0 unspecified atom stereocenters. The van der Waals surface area contributed by atoms with E-state index in [1.165, 1.54) is 22.6 Å². The fourth-order valence-electron chi connectivity index (χ4n) is 0.608. The van der Waals surface area contributed by atoms with Crippen molar-refractivity contribution in [3.05, 3.63) is 20.6 Å². The summed E-state index contributed by atoms with van der Waals surface area (Å²) in [5, 5.41) is -0.357. The second-order valence-corrected chi connectivity index (χ2v) is 3.57. The van der Waals surface area contributed by atoms with Gasteiger partial charge in [-0.25, -0.2) is 9.37 Å². The van der Waals surface area contributed by atoms with Crippen molar-refractivity contribution in [2.24, 2.45) is 0 Å². The highest BCUT2D eigenvalue weighted by Gasteiger charge is 2.33. The molecule has 0 saturated heterocycles. The number of hydrogen-bond donors (Lipinski definition) is 0. The lowest BCUT2D eigenvalue weighted by molar-refractivity contribution is -0.276. The predicted molar refractivity (Wildman–Crippen MR) is 48.6 cm³/mol. The van der Waals surface area contributed by atoms with Crippen LogP contribution in [0.15, 0.2) is 6.20 Å². The molecular weight excluding hydrogens is 340 g/mol. The monoisotopic (exact) mass is 341 g/mol. The van der Waals surface area contributed by atoms with E-state index in [0.29, 0.717) is 0 Å². The zero-order chi connectivity index (χ0) is 10.9. The van der Waals surface area contributed by atoms with Crippen LogP contribution in [0.3, 0.4) is 0 Å². The first-order chi connectivity index (χ1) is 6.31. The summed E-state index contributed by atoms with van der Waals surface area (Å²) in [6.07, 6.45) is -4.15. The lowest BCUT2D eigenvalue weighted by atomic mass is 10.4. The lowest BCUT2D eigenvalue weighted by Gasteiger charge is -2.09. The molecule has 0 aliphatic carbocycles. The molecule has 8 heteroatoms. The third-order valence-electron chi connectivity index (χ3n) is 1.10. The SMILES string of the molecule is Fc1c(Cl)cnc(OC(F)(F)F)c1I.